The van der Waals surface area contributed by atoms with Gasteiger partial charge < -0.3 is 9.84 Å². The molecule has 0 saturated carbocycles. The summed E-state index contributed by atoms with van der Waals surface area (Å²) in [4.78, 5) is 10.7. The number of hydrogen-bond acceptors (Lipinski definition) is 2. The molecule has 2 atom stereocenters. The van der Waals surface area contributed by atoms with Gasteiger partial charge in [-0.25, -0.2) is 4.79 Å². The zero-order valence-corrected chi connectivity index (χ0v) is 7.23. The van der Waals surface area contributed by atoms with Crippen LogP contribution < -0.4 is 0 Å². The molecule has 68 valence electrons. The van der Waals surface area contributed by atoms with Crippen LogP contribution in [0, 0.1) is 0 Å². The Bertz CT molecular complexity index is 333. The second-order valence-corrected chi connectivity index (χ2v) is 3.32. The Kier molecular flexibility index (Phi) is 1.63. The van der Waals surface area contributed by atoms with Crippen LogP contribution >= 0.6 is 0 Å². The Labute approximate surface area is 76.0 Å². The molecule has 1 saturated heterocycles. The van der Waals surface area contributed by atoms with Crippen molar-refractivity contribution in [3.8, 4) is 0 Å². The molecule has 1 N–H and O–H groups in total. The molecule has 0 aliphatic carbocycles. The van der Waals surface area contributed by atoms with Crippen molar-refractivity contribution in [2.45, 2.75) is 18.6 Å². The van der Waals surface area contributed by atoms with Crippen LogP contribution in [0.25, 0.3) is 0 Å². The van der Waals surface area contributed by atoms with Gasteiger partial charge in [-0.05, 0) is 12.5 Å². The van der Waals surface area contributed by atoms with E-state index in [2.05, 4.69) is 0 Å². The first-order chi connectivity index (χ1) is 6.14. The number of rotatable bonds is 2. The number of carboxylic acid groups (broad SMARTS) is 1. The molecule has 1 aromatic carbocycles. The SMILES string of the molecule is C[C@@]1(C(=O)O)O[C@H]1c1ccccc1. The third-order valence-electron chi connectivity index (χ3n) is 2.33. The Balaban J connectivity index is 2.21. The fourth-order valence-corrected chi connectivity index (χ4v) is 1.39. The predicted octanol–water partition coefficient (Wildman–Crippen LogP) is 1.60. The largest absolute Gasteiger partial charge is 0.479 e. The molecule has 13 heavy (non-hydrogen) atoms. The molecule has 1 fully saturated rings. The summed E-state index contributed by atoms with van der Waals surface area (Å²) >= 11 is 0. The lowest BCUT2D eigenvalue weighted by molar-refractivity contribution is -0.142. The molecule has 1 aliphatic rings. The van der Waals surface area contributed by atoms with Crippen LogP contribution in [0.3, 0.4) is 0 Å². The number of hydrogen-bond donors (Lipinski definition) is 1. The average molecular weight is 178 g/mol. The Hall–Kier alpha value is -1.35. The first kappa shape index (κ1) is 8.26. The van der Waals surface area contributed by atoms with E-state index in [4.69, 9.17) is 9.84 Å². The zero-order chi connectivity index (χ0) is 9.47. The monoisotopic (exact) mass is 178 g/mol. The van der Waals surface area contributed by atoms with E-state index >= 15 is 0 Å². The highest BCUT2D eigenvalue weighted by Crippen LogP contribution is 2.49. The predicted molar refractivity (Wildman–Crippen MR) is 46.3 cm³/mol. The fourth-order valence-electron chi connectivity index (χ4n) is 1.39. The normalized spacial score (nSPS) is 31.3. The smallest absolute Gasteiger partial charge is 0.338 e. The highest BCUT2D eigenvalue weighted by molar-refractivity contribution is 5.81. The van der Waals surface area contributed by atoms with Crippen LogP contribution in [0.5, 0.6) is 0 Å². The van der Waals surface area contributed by atoms with E-state index in [1.807, 2.05) is 30.3 Å². The molecule has 0 aromatic heterocycles. The Morgan fingerprint density at radius 2 is 2.08 bits per heavy atom. The van der Waals surface area contributed by atoms with E-state index in [0.29, 0.717) is 0 Å². The second kappa shape index (κ2) is 2.57. The summed E-state index contributed by atoms with van der Waals surface area (Å²) < 4.78 is 5.15. The standard InChI is InChI=1S/C10H10O3/c1-10(9(11)12)8(13-10)7-5-3-2-4-6-7/h2-6,8H,1H3,(H,11,12)/t8-,10+/m0/s1. The number of epoxide rings is 1. The van der Waals surface area contributed by atoms with Crippen molar-refractivity contribution >= 4 is 5.97 Å². The van der Waals surface area contributed by atoms with Crippen molar-refractivity contribution in [3.05, 3.63) is 35.9 Å². The van der Waals surface area contributed by atoms with E-state index < -0.39 is 11.6 Å². The van der Waals surface area contributed by atoms with Crippen LogP contribution in [0.1, 0.15) is 18.6 Å². The van der Waals surface area contributed by atoms with Crippen LogP contribution in [0.4, 0.5) is 0 Å². The number of ether oxygens (including phenoxy) is 1. The topological polar surface area (TPSA) is 49.8 Å². The van der Waals surface area contributed by atoms with Crippen LogP contribution in [0.15, 0.2) is 30.3 Å². The van der Waals surface area contributed by atoms with Crippen LogP contribution in [-0.4, -0.2) is 16.7 Å². The van der Waals surface area contributed by atoms with E-state index in [1.165, 1.54) is 0 Å². The highest BCUT2D eigenvalue weighted by Gasteiger charge is 2.59. The van der Waals surface area contributed by atoms with E-state index in [-0.39, 0.29) is 6.10 Å². The number of benzene rings is 1. The molecule has 3 heteroatoms. The van der Waals surface area contributed by atoms with Gasteiger partial charge >= 0.3 is 5.97 Å². The zero-order valence-electron chi connectivity index (χ0n) is 7.23. The summed E-state index contributed by atoms with van der Waals surface area (Å²) in [5.74, 6) is -0.902. The maximum absolute atomic E-state index is 10.7. The molecule has 1 aromatic rings. The van der Waals surface area contributed by atoms with Gasteiger partial charge in [-0.2, -0.15) is 0 Å². The maximum Gasteiger partial charge on any atom is 0.338 e. The van der Waals surface area contributed by atoms with Gasteiger partial charge in [0.15, 0.2) is 5.60 Å². The van der Waals surface area contributed by atoms with Gasteiger partial charge in [0.1, 0.15) is 6.10 Å². The summed E-state index contributed by atoms with van der Waals surface area (Å²) in [6, 6.07) is 9.39. The Morgan fingerprint density at radius 1 is 1.46 bits per heavy atom. The summed E-state index contributed by atoms with van der Waals surface area (Å²) in [6.07, 6.45) is -0.286. The van der Waals surface area contributed by atoms with Gasteiger partial charge in [-0.15, -0.1) is 0 Å². The van der Waals surface area contributed by atoms with Crippen molar-refractivity contribution in [2.24, 2.45) is 0 Å². The molecule has 2 rings (SSSR count). The third-order valence-corrected chi connectivity index (χ3v) is 2.33. The minimum atomic E-state index is -1.01. The minimum absolute atomic E-state index is 0.286. The van der Waals surface area contributed by atoms with Crippen molar-refractivity contribution in [3.63, 3.8) is 0 Å². The van der Waals surface area contributed by atoms with Gasteiger partial charge in [0, 0.05) is 0 Å². The molecule has 0 spiro atoms. The number of carbonyl (C=O) groups is 1. The molecular weight excluding hydrogens is 168 g/mol. The van der Waals surface area contributed by atoms with Crippen LogP contribution in [-0.2, 0) is 9.53 Å². The maximum atomic E-state index is 10.7. The van der Waals surface area contributed by atoms with Crippen molar-refractivity contribution in [1.82, 2.24) is 0 Å². The quantitative estimate of drug-likeness (QED) is 0.700. The van der Waals surface area contributed by atoms with Gasteiger partial charge in [0.05, 0.1) is 0 Å². The van der Waals surface area contributed by atoms with Crippen molar-refractivity contribution in [2.75, 3.05) is 0 Å². The summed E-state index contributed by atoms with van der Waals surface area (Å²) in [6.45, 7) is 1.59. The molecule has 0 radical (unpaired) electrons. The van der Waals surface area contributed by atoms with Crippen molar-refractivity contribution in [1.29, 1.82) is 0 Å². The molecule has 0 amide bonds. The van der Waals surface area contributed by atoms with Gasteiger partial charge in [-0.3, -0.25) is 0 Å². The highest BCUT2D eigenvalue weighted by atomic mass is 16.6. The van der Waals surface area contributed by atoms with Gasteiger partial charge in [-0.1, -0.05) is 30.3 Å². The lowest BCUT2D eigenvalue weighted by Gasteiger charge is -1.98. The van der Waals surface area contributed by atoms with Crippen LogP contribution in [0.2, 0.25) is 0 Å². The fraction of sp³-hybridized carbons (Fsp3) is 0.300. The first-order valence-corrected chi connectivity index (χ1v) is 4.11. The summed E-state index contributed by atoms with van der Waals surface area (Å²) in [7, 11) is 0. The number of aliphatic carboxylic acids is 1. The average Bonchev–Trinajstić information content (AvgIpc) is 2.81. The third kappa shape index (κ3) is 1.21. The minimum Gasteiger partial charge on any atom is -0.479 e. The molecular formula is C10H10O3. The molecule has 0 bridgehead atoms. The second-order valence-electron chi connectivity index (χ2n) is 3.32. The molecule has 0 unspecified atom stereocenters. The van der Waals surface area contributed by atoms with Gasteiger partial charge in [0.25, 0.3) is 0 Å². The molecule has 1 aliphatic heterocycles. The molecule has 3 nitrogen and oxygen atoms in total. The summed E-state index contributed by atoms with van der Waals surface area (Å²) in [5.41, 5.74) is -0.0890. The Morgan fingerprint density at radius 3 is 2.54 bits per heavy atom. The lowest BCUT2D eigenvalue weighted by atomic mass is 10.0. The van der Waals surface area contributed by atoms with E-state index in [0.717, 1.165) is 5.56 Å². The van der Waals surface area contributed by atoms with Crippen molar-refractivity contribution < 1.29 is 14.6 Å². The first-order valence-electron chi connectivity index (χ1n) is 4.11. The van der Waals surface area contributed by atoms with E-state index in [1.54, 1.807) is 6.92 Å². The lowest BCUT2D eigenvalue weighted by Crippen LogP contribution is -2.20. The molecule has 1 heterocycles. The summed E-state index contributed by atoms with van der Waals surface area (Å²) in [5, 5.41) is 8.82. The van der Waals surface area contributed by atoms with Gasteiger partial charge in [0.2, 0.25) is 0 Å². The number of carboxylic acids is 1. The van der Waals surface area contributed by atoms with E-state index in [9.17, 15) is 4.79 Å².